The molecule has 0 saturated carbocycles. The summed E-state index contributed by atoms with van der Waals surface area (Å²) in [6, 6.07) is 0. The minimum atomic E-state index is -2.23. The third-order valence-electron chi connectivity index (χ3n) is 5.23. The van der Waals surface area contributed by atoms with E-state index in [1.165, 1.54) is 13.8 Å². The van der Waals surface area contributed by atoms with Gasteiger partial charge in [0.25, 0.3) is 3.79 Å². The van der Waals surface area contributed by atoms with Crippen LogP contribution in [0.3, 0.4) is 0 Å². The number of esters is 3. The molecule has 0 aliphatic carbocycles. The van der Waals surface area contributed by atoms with Gasteiger partial charge in [-0.25, -0.2) is 4.79 Å². The van der Waals surface area contributed by atoms with Crippen molar-refractivity contribution >= 4 is 58.6 Å². The lowest BCUT2D eigenvalue weighted by molar-refractivity contribution is -0.283. The Kier molecular flexibility index (Phi) is 9.87. The Labute approximate surface area is 196 Å². The van der Waals surface area contributed by atoms with E-state index in [0.717, 1.165) is 7.11 Å². The summed E-state index contributed by atoms with van der Waals surface area (Å²) in [5, 5.41) is 7.92. The van der Waals surface area contributed by atoms with Crippen molar-refractivity contribution in [2.45, 2.75) is 62.8 Å². The van der Waals surface area contributed by atoms with Gasteiger partial charge in [0.2, 0.25) is 5.90 Å². The molecule has 0 aromatic heterocycles. The summed E-state index contributed by atoms with van der Waals surface area (Å²) in [6.45, 7) is 7.73. The zero-order valence-corrected chi connectivity index (χ0v) is 20.5. The fraction of sp³-hybridized carbons (Fsp3) is 0.789. The van der Waals surface area contributed by atoms with E-state index in [0.29, 0.717) is 0 Å². The molecule has 0 aromatic rings. The molecule has 0 aromatic carbocycles. The van der Waals surface area contributed by atoms with Gasteiger partial charge in [0.05, 0.1) is 13.2 Å². The molecule has 1 fully saturated rings. The lowest BCUT2D eigenvalue weighted by atomic mass is 9.76. The number of carbonyl (C=O) groups is 3. The van der Waals surface area contributed by atoms with Gasteiger partial charge >= 0.3 is 23.7 Å². The molecular weight excluding hydrogens is 477 g/mol. The highest BCUT2D eigenvalue weighted by Crippen LogP contribution is 2.43. The SMILES string of the molecule is COC(=O)[C@@]1(OC(=N)C(Cl)(Cl)Cl)CC(C)[C@@H](C)[C@H]([C@H](C)[C@@H](COC(C)=O)OC(C)=O)O1. The van der Waals surface area contributed by atoms with Crippen LogP contribution >= 0.6 is 34.8 Å². The van der Waals surface area contributed by atoms with Crippen molar-refractivity contribution in [3.8, 4) is 0 Å². The van der Waals surface area contributed by atoms with Crippen molar-refractivity contribution in [2.24, 2.45) is 17.8 Å². The number of ether oxygens (including phenoxy) is 5. The molecule has 1 aliphatic rings. The molecule has 0 spiro atoms. The van der Waals surface area contributed by atoms with E-state index in [4.69, 9.17) is 63.9 Å². The molecule has 31 heavy (non-hydrogen) atoms. The quantitative estimate of drug-likeness (QED) is 0.184. The molecule has 9 nitrogen and oxygen atoms in total. The highest BCUT2D eigenvalue weighted by atomic mass is 35.6. The van der Waals surface area contributed by atoms with Gasteiger partial charge in [0.1, 0.15) is 12.7 Å². The van der Waals surface area contributed by atoms with Crippen molar-refractivity contribution in [2.75, 3.05) is 13.7 Å². The number of alkyl halides is 3. The van der Waals surface area contributed by atoms with Gasteiger partial charge in [0.15, 0.2) is 0 Å². The minimum absolute atomic E-state index is 0.0232. The first kappa shape index (κ1) is 27.7. The average Bonchev–Trinajstić information content (AvgIpc) is 2.65. The molecule has 0 radical (unpaired) electrons. The van der Waals surface area contributed by atoms with Gasteiger partial charge in [-0.1, -0.05) is 55.6 Å². The third-order valence-corrected chi connectivity index (χ3v) is 5.74. The third kappa shape index (κ3) is 7.37. The Morgan fingerprint density at radius 3 is 2.23 bits per heavy atom. The highest BCUT2D eigenvalue weighted by molar-refractivity contribution is 6.76. The zero-order chi connectivity index (χ0) is 24.1. The lowest BCUT2D eigenvalue weighted by Gasteiger charge is -2.47. The molecule has 0 bridgehead atoms. The van der Waals surface area contributed by atoms with Crippen molar-refractivity contribution in [1.82, 2.24) is 0 Å². The van der Waals surface area contributed by atoms with E-state index in [2.05, 4.69) is 0 Å². The van der Waals surface area contributed by atoms with E-state index >= 15 is 0 Å². The van der Waals surface area contributed by atoms with E-state index in [1.807, 2.05) is 13.8 Å². The molecule has 1 saturated heterocycles. The van der Waals surface area contributed by atoms with Crippen LogP contribution in [-0.4, -0.2) is 59.3 Å². The second kappa shape index (κ2) is 11.0. The Morgan fingerprint density at radius 1 is 1.19 bits per heavy atom. The van der Waals surface area contributed by atoms with E-state index in [-0.39, 0.29) is 24.9 Å². The van der Waals surface area contributed by atoms with Crippen LogP contribution in [0.5, 0.6) is 0 Å². The number of rotatable bonds is 7. The molecule has 1 aliphatic heterocycles. The van der Waals surface area contributed by atoms with E-state index in [1.54, 1.807) is 6.92 Å². The van der Waals surface area contributed by atoms with Crippen LogP contribution in [0.4, 0.5) is 0 Å². The molecule has 12 heteroatoms. The van der Waals surface area contributed by atoms with E-state index < -0.39 is 51.5 Å². The van der Waals surface area contributed by atoms with Crippen LogP contribution in [0.15, 0.2) is 0 Å². The molecule has 1 N–H and O–H groups in total. The van der Waals surface area contributed by atoms with Crippen LogP contribution in [-0.2, 0) is 38.1 Å². The minimum Gasteiger partial charge on any atom is -0.464 e. The lowest BCUT2D eigenvalue weighted by Crippen LogP contribution is -2.59. The Bertz CT molecular complexity index is 698. The van der Waals surface area contributed by atoms with Crippen molar-refractivity contribution in [3.63, 3.8) is 0 Å². The van der Waals surface area contributed by atoms with Gasteiger partial charge < -0.3 is 23.7 Å². The zero-order valence-electron chi connectivity index (χ0n) is 18.2. The Balaban J connectivity index is 3.30. The fourth-order valence-electron chi connectivity index (χ4n) is 3.43. The van der Waals surface area contributed by atoms with Gasteiger partial charge in [-0.05, 0) is 11.8 Å². The van der Waals surface area contributed by atoms with Crippen molar-refractivity contribution in [1.29, 1.82) is 5.41 Å². The maximum Gasteiger partial charge on any atom is 0.379 e. The first-order valence-electron chi connectivity index (χ1n) is 9.56. The smallest absolute Gasteiger partial charge is 0.379 e. The number of methoxy groups -OCH3 is 1. The highest BCUT2D eigenvalue weighted by Gasteiger charge is 2.56. The molecule has 1 unspecified atom stereocenters. The number of hydrogen-bond donors (Lipinski definition) is 1. The first-order chi connectivity index (χ1) is 14.1. The summed E-state index contributed by atoms with van der Waals surface area (Å²) >= 11 is 17.2. The number of halogens is 3. The topological polar surface area (TPSA) is 121 Å². The second-order valence-electron chi connectivity index (χ2n) is 7.61. The monoisotopic (exact) mass is 503 g/mol. The molecule has 1 heterocycles. The number of carbonyl (C=O) groups excluding carboxylic acids is 3. The van der Waals surface area contributed by atoms with Crippen LogP contribution in [0.25, 0.3) is 0 Å². The first-order valence-corrected chi connectivity index (χ1v) is 10.7. The number of nitrogens with one attached hydrogen (secondary N) is 1. The van der Waals surface area contributed by atoms with Crippen LogP contribution in [0.2, 0.25) is 0 Å². The van der Waals surface area contributed by atoms with Gasteiger partial charge in [0, 0.05) is 26.2 Å². The van der Waals surface area contributed by atoms with Crippen molar-refractivity contribution in [3.05, 3.63) is 0 Å². The molecule has 1 rings (SSSR count). The number of hydrogen-bond acceptors (Lipinski definition) is 9. The van der Waals surface area contributed by atoms with Crippen LogP contribution in [0, 0.1) is 23.2 Å². The van der Waals surface area contributed by atoms with Crippen molar-refractivity contribution < 1.29 is 38.1 Å². The maximum absolute atomic E-state index is 12.7. The standard InChI is InChI=1S/C19H28Cl3NO8/c1-9-7-18(17(26)27-6,31-16(23)19(20,21)22)30-15(10(9)2)11(3)14(29-13(5)25)8-28-12(4)24/h9-11,14-15,23H,7-8H2,1-6H3/t9?,10-,11-,14-,15-,18+/m1/s1. The summed E-state index contributed by atoms with van der Waals surface area (Å²) in [6.07, 6.45) is -1.57. The van der Waals surface area contributed by atoms with Gasteiger partial charge in [-0.15, -0.1) is 0 Å². The summed E-state index contributed by atoms with van der Waals surface area (Å²) in [4.78, 5) is 35.5. The molecular formula is C19H28Cl3NO8. The van der Waals surface area contributed by atoms with Gasteiger partial charge in [-0.2, -0.15) is 0 Å². The Morgan fingerprint density at radius 2 is 1.77 bits per heavy atom. The normalized spacial score (nSPS) is 28.1. The fourth-order valence-corrected chi connectivity index (χ4v) is 3.55. The summed E-state index contributed by atoms with van der Waals surface area (Å²) in [5.74, 6) is -5.76. The molecule has 6 atom stereocenters. The summed E-state index contributed by atoms with van der Waals surface area (Å²) in [7, 11) is 1.14. The Hall–Kier alpha value is -1.29. The molecule has 178 valence electrons. The maximum atomic E-state index is 12.7. The second-order valence-corrected chi connectivity index (χ2v) is 9.89. The predicted molar refractivity (Wildman–Crippen MR) is 113 cm³/mol. The largest absolute Gasteiger partial charge is 0.464 e. The van der Waals surface area contributed by atoms with Gasteiger partial charge in [-0.3, -0.25) is 15.0 Å². The van der Waals surface area contributed by atoms with Crippen LogP contribution < -0.4 is 0 Å². The van der Waals surface area contributed by atoms with Crippen LogP contribution in [0.1, 0.15) is 41.0 Å². The predicted octanol–water partition coefficient (Wildman–Crippen LogP) is 3.41. The summed E-state index contributed by atoms with van der Waals surface area (Å²) < 4.78 is 24.5. The summed E-state index contributed by atoms with van der Waals surface area (Å²) in [5.41, 5.74) is 0. The molecule has 0 amide bonds. The van der Waals surface area contributed by atoms with E-state index in [9.17, 15) is 14.4 Å². The average molecular weight is 505 g/mol.